The maximum absolute atomic E-state index is 12.5. The molecular weight excluding hydrogens is 354 g/mol. The highest BCUT2D eigenvalue weighted by Gasteiger charge is 2.23. The molecule has 0 saturated carbocycles. The summed E-state index contributed by atoms with van der Waals surface area (Å²) in [5.74, 6) is -0.248. The Hall–Kier alpha value is -2.38. The Kier molecular flexibility index (Phi) is 3.97. The van der Waals surface area contributed by atoms with Gasteiger partial charge in [0.05, 0.1) is 26.2 Å². The summed E-state index contributed by atoms with van der Waals surface area (Å²) in [4.78, 5) is 29.8. The minimum atomic E-state index is -0.207. The van der Waals surface area contributed by atoms with Crippen molar-refractivity contribution < 1.29 is 9.59 Å². The number of hydrogen-bond acceptors (Lipinski definition) is 5. The molecule has 0 aliphatic carbocycles. The largest absolute Gasteiger partial charge is 0.324 e. The molecule has 5 nitrogen and oxygen atoms in total. The Morgan fingerprint density at radius 2 is 2.08 bits per heavy atom. The van der Waals surface area contributed by atoms with Crippen molar-refractivity contribution in [2.24, 2.45) is 0 Å². The lowest BCUT2D eigenvalue weighted by atomic mass is 10.1. The number of amides is 2. The molecule has 2 aromatic carbocycles. The van der Waals surface area contributed by atoms with Crippen LogP contribution in [0.3, 0.4) is 0 Å². The first-order valence-electron chi connectivity index (χ1n) is 7.80. The molecule has 0 saturated heterocycles. The van der Waals surface area contributed by atoms with Crippen LogP contribution in [0.15, 0.2) is 41.3 Å². The fraction of sp³-hybridized carbons (Fsp3) is 0.167. The molecule has 2 heterocycles. The van der Waals surface area contributed by atoms with E-state index >= 15 is 0 Å². The van der Waals surface area contributed by atoms with Crippen LogP contribution in [-0.4, -0.2) is 22.0 Å². The Morgan fingerprint density at radius 3 is 2.92 bits per heavy atom. The monoisotopic (exact) mass is 369 g/mol. The molecule has 0 spiro atoms. The summed E-state index contributed by atoms with van der Waals surface area (Å²) in [6, 6.07) is 11.0. The van der Waals surface area contributed by atoms with Gasteiger partial charge in [0.2, 0.25) is 5.91 Å². The van der Waals surface area contributed by atoms with Crippen LogP contribution < -0.4 is 10.6 Å². The standard InChI is InChI=1S/C18H15N3O2S2/c1-9-17(22)21-14-7-11(3-6-15(14)24-9)18(23)20-12-4-5-13-16(8-12)25-10(2)19-13/h3-9H,1-2H3,(H,20,23)(H,21,22)/t9-/m0/s1. The first-order valence-corrected chi connectivity index (χ1v) is 9.49. The second kappa shape index (κ2) is 6.16. The maximum atomic E-state index is 12.5. The predicted octanol–water partition coefficient (Wildman–Crippen LogP) is 4.29. The van der Waals surface area contributed by atoms with Gasteiger partial charge in [0.1, 0.15) is 0 Å². The number of carbonyl (C=O) groups excluding carboxylic acids is 2. The molecule has 0 fully saturated rings. The number of aromatic nitrogens is 1. The highest BCUT2D eigenvalue weighted by Crippen LogP contribution is 2.36. The van der Waals surface area contributed by atoms with Crippen LogP contribution >= 0.6 is 23.1 Å². The zero-order valence-corrected chi connectivity index (χ0v) is 15.3. The number of nitrogens with one attached hydrogen (secondary N) is 2. The average Bonchev–Trinajstić information content (AvgIpc) is 2.94. The van der Waals surface area contributed by atoms with E-state index in [-0.39, 0.29) is 17.1 Å². The lowest BCUT2D eigenvalue weighted by Gasteiger charge is -2.21. The van der Waals surface area contributed by atoms with Gasteiger partial charge in [0.25, 0.3) is 5.91 Å². The lowest BCUT2D eigenvalue weighted by molar-refractivity contribution is -0.115. The molecule has 25 heavy (non-hydrogen) atoms. The van der Waals surface area contributed by atoms with Gasteiger partial charge >= 0.3 is 0 Å². The SMILES string of the molecule is Cc1nc2ccc(NC(=O)c3ccc4c(c3)NC(=O)[C@H](C)S4)cc2s1. The zero-order chi connectivity index (χ0) is 17.6. The van der Waals surface area contributed by atoms with Crippen molar-refractivity contribution in [3.63, 3.8) is 0 Å². The van der Waals surface area contributed by atoms with Gasteiger partial charge in [-0.2, -0.15) is 0 Å². The highest BCUT2D eigenvalue weighted by atomic mass is 32.2. The number of anilines is 2. The summed E-state index contributed by atoms with van der Waals surface area (Å²) >= 11 is 3.09. The van der Waals surface area contributed by atoms with Gasteiger partial charge in [-0.15, -0.1) is 23.1 Å². The highest BCUT2D eigenvalue weighted by molar-refractivity contribution is 8.00. The van der Waals surface area contributed by atoms with E-state index in [1.165, 1.54) is 11.8 Å². The first-order chi connectivity index (χ1) is 12.0. The Bertz CT molecular complexity index is 1010. The van der Waals surface area contributed by atoms with Gasteiger partial charge < -0.3 is 10.6 Å². The average molecular weight is 369 g/mol. The first kappa shape index (κ1) is 16.1. The fourth-order valence-electron chi connectivity index (χ4n) is 2.67. The Balaban J connectivity index is 1.58. The number of thiazole rings is 1. The number of hydrogen-bond donors (Lipinski definition) is 2. The van der Waals surface area contributed by atoms with Crippen LogP contribution in [0.1, 0.15) is 22.3 Å². The van der Waals surface area contributed by atoms with E-state index in [2.05, 4.69) is 15.6 Å². The van der Waals surface area contributed by atoms with Crippen LogP contribution in [0, 0.1) is 6.92 Å². The van der Waals surface area contributed by atoms with E-state index in [0.717, 1.165) is 25.8 Å². The maximum Gasteiger partial charge on any atom is 0.255 e. The van der Waals surface area contributed by atoms with Gasteiger partial charge in [-0.25, -0.2) is 4.98 Å². The minimum Gasteiger partial charge on any atom is -0.324 e. The molecular formula is C18H15N3O2S2. The third kappa shape index (κ3) is 3.12. The summed E-state index contributed by atoms with van der Waals surface area (Å²) < 4.78 is 1.04. The van der Waals surface area contributed by atoms with E-state index in [9.17, 15) is 9.59 Å². The third-order valence-corrected chi connectivity index (χ3v) is 6.04. The van der Waals surface area contributed by atoms with Gasteiger partial charge in [0, 0.05) is 16.1 Å². The van der Waals surface area contributed by atoms with Gasteiger partial charge in [0.15, 0.2) is 0 Å². The summed E-state index contributed by atoms with van der Waals surface area (Å²) in [7, 11) is 0. The number of rotatable bonds is 2. The molecule has 0 bridgehead atoms. The molecule has 2 amide bonds. The summed E-state index contributed by atoms with van der Waals surface area (Å²) in [6.07, 6.45) is 0. The summed E-state index contributed by atoms with van der Waals surface area (Å²) in [6.45, 7) is 3.82. The molecule has 1 aliphatic rings. The van der Waals surface area contributed by atoms with Crippen LogP contribution in [0.2, 0.25) is 0 Å². The molecule has 0 unspecified atom stereocenters. The molecule has 0 radical (unpaired) electrons. The van der Waals surface area contributed by atoms with Crippen molar-refractivity contribution in [3.8, 4) is 0 Å². The third-order valence-electron chi connectivity index (χ3n) is 3.93. The second-order valence-electron chi connectivity index (χ2n) is 5.83. The van der Waals surface area contributed by atoms with Crippen molar-refractivity contribution in [2.45, 2.75) is 24.0 Å². The normalized spacial score (nSPS) is 16.4. The van der Waals surface area contributed by atoms with Crippen molar-refractivity contribution in [1.29, 1.82) is 0 Å². The van der Waals surface area contributed by atoms with Gasteiger partial charge in [-0.3, -0.25) is 9.59 Å². The lowest BCUT2D eigenvalue weighted by Crippen LogP contribution is -2.26. The van der Waals surface area contributed by atoms with E-state index in [1.54, 1.807) is 23.5 Å². The quantitative estimate of drug-likeness (QED) is 0.707. The van der Waals surface area contributed by atoms with E-state index < -0.39 is 0 Å². The van der Waals surface area contributed by atoms with E-state index in [4.69, 9.17) is 0 Å². The van der Waals surface area contributed by atoms with Crippen LogP contribution in [0.5, 0.6) is 0 Å². The van der Waals surface area contributed by atoms with Gasteiger partial charge in [-0.1, -0.05) is 0 Å². The molecule has 7 heteroatoms. The number of aryl methyl sites for hydroxylation is 1. The van der Waals surface area contributed by atoms with Crippen LogP contribution in [0.4, 0.5) is 11.4 Å². The molecule has 1 atom stereocenters. The van der Waals surface area contributed by atoms with Crippen LogP contribution in [-0.2, 0) is 4.79 Å². The molecule has 1 aliphatic heterocycles. The van der Waals surface area contributed by atoms with Crippen molar-refractivity contribution in [1.82, 2.24) is 4.98 Å². The number of carbonyl (C=O) groups is 2. The smallest absolute Gasteiger partial charge is 0.255 e. The Labute approximate surface area is 152 Å². The topological polar surface area (TPSA) is 71.1 Å². The number of thioether (sulfide) groups is 1. The molecule has 4 rings (SSSR count). The Morgan fingerprint density at radius 1 is 1.24 bits per heavy atom. The van der Waals surface area contributed by atoms with E-state index in [0.29, 0.717) is 11.3 Å². The molecule has 3 aromatic rings. The zero-order valence-electron chi connectivity index (χ0n) is 13.6. The number of benzene rings is 2. The van der Waals surface area contributed by atoms with Crippen molar-refractivity contribution >= 4 is 56.5 Å². The molecule has 1 aromatic heterocycles. The second-order valence-corrected chi connectivity index (χ2v) is 8.45. The fourth-order valence-corrected chi connectivity index (χ4v) is 4.47. The number of nitrogens with zero attached hydrogens (tertiary/aromatic N) is 1. The summed E-state index contributed by atoms with van der Waals surface area (Å²) in [5, 5.41) is 6.63. The molecule has 2 N–H and O–H groups in total. The summed E-state index contributed by atoms with van der Waals surface area (Å²) in [5.41, 5.74) is 2.86. The predicted molar refractivity (Wildman–Crippen MR) is 103 cm³/mol. The molecule has 126 valence electrons. The van der Waals surface area contributed by atoms with E-state index in [1.807, 2.05) is 38.1 Å². The van der Waals surface area contributed by atoms with Crippen LogP contribution in [0.25, 0.3) is 10.2 Å². The minimum absolute atomic E-state index is 0.0407. The van der Waals surface area contributed by atoms with Crippen molar-refractivity contribution in [2.75, 3.05) is 10.6 Å². The number of fused-ring (bicyclic) bond motifs is 2. The van der Waals surface area contributed by atoms with Crippen molar-refractivity contribution in [3.05, 3.63) is 47.0 Å². The van der Waals surface area contributed by atoms with Gasteiger partial charge in [-0.05, 0) is 50.2 Å².